The van der Waals surface area contributed by atoms with Crippen LogP contribution in [0.4, 0.5) is 16.2 Å². The maximum atomic E-state index is 13.2. The highest BCUT2D eigenvalue weighted by Gasteiger charge is 2.25. The molecule has 0 saturated carbocycles. The third kappa shape index (κ3) is 6.32. The fourth-order valence-corrected chi connectivity index (χ4v) is 4.88. The summed E-state index contributed by atoms with van der Waals surface area (Å²) in [5, 5.41) is 14.9. The van der Waals surface area contributed by atoms with Gasteiger partial charge in [-0.25, -0.2) is 4.79 Å². The van der Waals surface area contributed by atoms with Crippen molar-refractivity contribution in [1.29, 1.82) is 0 Å². The molecular weight excluding hydrogens is 482 g/mol. The molecule has 1 heterocycles. The van der Waals surface area contributed by atoms with Gasteiger partial charge < -0.3 is 25.4 Å². The third-order valence-electron chi connectivity index (χ3n) is 6.94. The number of carbonyl (C=O) groups excluding carboxylic acids is 2. The van der Waals surface area contributed by atoms with Crippen LogP contribution >= 0.6 is 0 Å². The lowest BCUT2D eigenvalue weighted by molar-refractivity contribution is -0.137. The van der Waals surface area contributed by atoms with E-state index in [1.807, 2.05) is 61.2 Å². The lowest BCUT2D eigenvalue weighted by Gasteiger charge is -2.31. The molecule has 1 atom stereocenters. The highest BCUT2D eigenvalue weighted by atomic mass is 16.5. The molecule has 0 spiro atoms. The number of fused-ring (bicyclic) bond motifs is 1. The number of aryl methyl sites for hydroxylation is 1. The number of hydrogen-bond donors (Lipinski definition) is 3. The van der Waals surface area contributed by atoms with Crippen LogP contribution in [0.25, 0.3) is 0 Å². The van der Waals surface area contributed by atoms with Gasteiger partial charge in [0.2, 0.25) is 5.91 Å². The number of nitrogens with one attached hydrogen (secondary N) is 2. The van der Waals surface area contributed by atoms with E-state index in [2.05, 4.69) is 16.7 Å². The molecule has 38 heavy (non-hydrogen) atoms. The van der Waals surface area contributed by atoms with Crippen LogP contribution in [0.1, 0.15) is 47.1 Å². The normalized spacial score (nSPS) is 13.3. The number of carboxylic acid groups (broad SMARTS) is 1. The number of carboxylic acids is 1. The van der Waals surface area contributed by atoms with Crippen molar-refractivity contribution in [3.63, 3.8) is 0 Å². The fraction of sp³-hybridized carbons (Fsp3) is 0.300. The summed E-state index contributed by atoms with van der Waals surface area (Å²) in [7, 11) is 1.52. The SMILES string of the molecule is COc1cc(CC(=O)N2CCc3cccc(C(C)CC(=O)O)c3C2)ccc1NC(=O)Nc1ccccc1C. The summed E-state index contributed by atoms with van der Waals surface area (Å²) in [5.74, 6) is -0.524. The predicted octanol–water partition coefficient (Wildman–Crippen LogP) is 5.35. The second-order valence-electron chi connectivity index (χ2n) is 9.65. The lowest BCUT2D eigenvalue weighted by Crippen LogP contribution is -2.37. The number of aliphatic carboxylic acids is 1. The van der Waals surface area contributed by atoms with Crippen molar-refractivity contribution in [2.45, 2.75) is 45.6 Å². The van der Waals surface area contributed by atoms with Gasteiger partial charge in [0.15, 0.2) is 0 Å². The van der Waals surface area contributed by atoms with Crippen molar-refractivity contribution in [2.75, 3.05) is 24.3 Å². The van der Waals surface area contributed by atoms with E-state index >= 15 is 0 Å². The number of carbonyl (C=O) groups is 3. The average Bonchev–Trinajstić information content (AvgIpc) is 2.89. The molecule has 3 aromatic carbocycles. The number of hydrogen-bond acceptors (Lipinski definition) is 4. The van der Waals surface area contributed by atoms with Crippen molar-refractivity contribution in [1.82, 2.24) is 4.90 Å². The first kappa shape index (κ1) is 26.7. The Morgan fingerprint density at radius 3 is 2.53 bits per heavy atom. The van der Waals surface area contributed by atoms with Crippen LogP contribution in [0.2, 0.25) is 0 Å². The Labute approximate surface area is 222 Å². The molecule has 4 rings (SSSR count). The summed E-state index contributed by atoms with van der Waals surface area (Å²) in [6.45, 7) is 4.90. The molecule has 0 saturated heterocycles. The van der Waals surface area contributed by atoms with Crippen molar-refractivity contribution >= 4 is 29.3 Å². The van der Waals surface area contributed by atoms with E-state index in [1.165, 1.54) is 12.7 Å². The van der Waals surface area contributed by atoms with Gasteiger partial charge in [-0.05, 0) is 65.3 Å². The summed E-state index contributed by atoms with van der Waals surface area (Å²) in [4.78, 5) is 38.9. The number of amides is 3. The van der Waals surface area contributed by atoms with Crippen LogP contribution in [0.3, 0.4) is 0 Å². The van der Waals surface area contributed by atoms with E-state index in [1.54, 1.807) is 12.1 Å². The van der Waals surface area contributed by atoms with Gasteiger partial charge in [-0.15, -0.1) is 0 Å². The van der Waals surface area contributed by atoms with E-state index in [4.69, 9.17) is 4.74 Å². The van der Waals surface area contributed by atoms with Gasteiger partial charge in [-0.3, -0.25) is 9.59 Å². The predicted molar refractivity (Wildman–Crippen MR) is 147 cm³/mol. The summed E-state index contributed by atoms with van der Waals surface area (Å²) in [5.41, 5.74) is 6.15. The van der Waals surface area contributed by atoms with Gasteiger partial charge in [-0.1, -0.05) is 49.4 Å². The van der Waals surface area contributed by atoms with Crippen LogP contribution in [-0.2, 0) is 29.0 Å². The zero-order valence-electron chi connectivity index (χ0n) is 21.9. The van der Waals surface area contributed by atoms with Gasteiger partial charge in [0.1, 0.15) is 5.75 Å². The molecule has 8 heteroatoms. The number of rotatable bonds is 8. The van der Waals surface area contributed by atoms with E-state index in [0.29, 0.717) is 24.5 Å². The smallest absolute Gasteiger partial charge is 0.323 e. The zero-order chi connectivity index (χ0) is 27.2. The van der Waals surface area contributed by atoms with Gasteiger partial charge >= 0.3 is 12.0 Å². The summed E-state index contributed by atoms with van der Waals surface area (Å²) in [6.07, 6.45) is 0.971. The van der Waals surface area contributed by atoms with Crippen molar-refractivity contribution in [2.24, 2.45) is 0 Å². The number of nitrogens with zero attached hydrogens (tertiary/aromatic N) is 1. The second kappa shape index (κ2) is 11.8. The van der Waals surface area contributed by atoms with Crippen LogP contribution < -0.4 is 15.4 Å². The minimum absolute atomic E-state index is 0.0172. The molecule has 3 N–H and O–H groups in total. The molecule has 0 aromatic heterocycles. The fourth-order valence-electron chi connectivity index (χ4n) is 4.88. The Kier molecular flexibility index (Phi) is 8.31. The molecule has 8 nitrogen and oxygen atoms in total. The Bertz CT molecular complexity index is 1350. The number of benzene rings is 3. The van der Waals surface area contributed by atoms with Gasteiger partial charge in [0.05, 0.1) is 25.6 Å². The van der Waals surface area contributed by atoms with Crippen molar-refractivity contribution in [3.05, 3.63) is 88.5 Å². The molecule has 3 amide bonds. The Hall–Kier alpha value is -4.33. The topological polar surface area (TPSA) is 108 Å². The van der Waals surface area contributed by atoms with E-state index in [0.717, 1.165) is 34.4 Å². The minimum Gasteiger partial charge on any atom is -0.495 e. The third-order valence-corrected chi connectivity index (χ3v) is 6.94. The van der Waals surface area contributed by atoms with Crippen LogP contribution in [-0.4, -0.2) is 41.6 Å². The molecule has 198 valence electrons. The number of urea groups is 1. The van der Waals surface area contributed by atoms with Gasteiger partial charge in [0.25, 0.3) is 0 Å². The number of ether oxygens (including phenoxy) is 1. The van der Waals surface area contributed by atoms with Crippen molar-refractivity contribution in [3.8, 4) is 5.75 Å². The zero-order valence-corrected chi connectivity index (χ0v) is 21.9. The quantitative estimate of drug-likeness (QED) is 0.375. The summed E-state index contributed by atoms with van der Waals surface area (Å²) in [6, 6.07) is 18.4. The molecule has 1 aliphatic heterocycles. The molecule has 0 fully saturated rings. The van der Waals surface area contributed by atoms with Crippen molar-refractivity contribution < 1.29 is 24.2 Å². The standard InChI is InChI=1S/C30H33N3O5/c1-19-7-4-5-10-25(19)31-30(37)32-26-12-11-21(16-27(26)38-3)17-28(34)33-14-13-22-8-6-9-23(24(22)18-33)20(2)15-29(35)36/h4-12,16,20H,13-15,17-18H2,1-3H3,(H,35,36)(H2,31,32,37). The highest BCUT2D eigenvalue weighted by molar-refractivity contribution is 6.01. The highest BCUT2D eigenvalue weighted by Crippen LogP contribution is 2.31. The molecule has 0 radical (unpaired) electrons. The van der Waals surface area contributed by atoms with Gasteiger partial charge in [-0.2, -0.15) is 0 Å². The molecule has 1 unspecified atom stereocenters. The Morgan fingerprint density at radius 1 is 1.03 bits per heavy atom. The monoisotopic (exact) mass is 515 g/mol. The number of anilines is 2. The van der Waals surface area contributed by atoms with Crippen LogP contribution in [0.5, 0.6) is 5.75 Å². The van der Waals surface area contributed by atoms with E-state index in [9.17, 15) is 19.5 Å². The van der Waals surface area contributed by atoms with E-state index < -0.39 is 5.97 Å². The van der Waals surface area contributed by atoms with Crippen LogP contribution in [0.15, 0.2) is 60.7 Å². The number of methoxy groups -OCH3 is 1. The largest absolute Gasteiger partial charge is 0.495 e. The second-order valence-corrected chi connectivity index (χ2v) is 9.65. The number of para-hydroxylation sites is 1. The summed E-state index contributed by atoms with van der Waals surface area (Å²) >= 11 is 0. The van der Waals surface area contributed by atoms with Gasteiger partial charge in [0, 0.05) is 18.8 Å². The maximum absolute atomic E-state index is 13.2. The lowest BCUT2D eigenvalue weighted by atomic mass is 9.87. The first-order chi connectivity index (χ1) is 18.2. The minimum atomic E-state index is -0.835. The molecule has 0 aliphatic carbocycles. The molecule has 3 aromatic rings. The first-order valence-electron chi connectivity index (χ1n) is 12.7. The van der Waals surface area contributed by atoms with Crippen LogP contribution in [0, 0.1) is 6.92 Å². The molecule has 1 aliphatic rings. The maximum Gasteiger partial charge on any atom is 0.323 e. The van der Waals surface area contributed by atoms with E-state index in [-0.39, 0.29) is 30.7 Å². The summed E-state index contributed by atoms with van der Waals surface area (Å²) < 4.78 is 5.49. The Balaban J connectivity index is 1.43. The Morgan fingerprint density at radius 2 is 1.79 bits per heavy atom. The average molecular weight is 516 g/mol. The molecular formula is C30H33N3O5. The molecule has 0 bridgehead atoms. The first-order valence-corrected chi connectivity index (χ1v) is 12.7.